The van der Waals surface area contributed by atoms with Crippen LogP contribution >= 0.6 is 15.9 Å². The predicted molar refractivity (Wildman–Crippen MR) is 79.2 cm³/mol. The lowest BCUT2D eigenvalue weighted by molar-refractivity contribution is -0.122. The zero-order valence-electron chi connectivity index (χ0n) is 10.9. The summed E-state index contributed by atoms with van der Waals surface area (Å²) in [5.41, 5.74) is 1.13. The molecule has 1 heterocycles. The first-order valence-corrected chi connectivity index (χ1v) is 7.45. The molecular formula is C14H15BrN4O. The molecule has 0 aliphatic heterocycles. The van der Waals surface area contributed by atoms with E-state index in [2.05, 4.69) is 31.3 Å². The summed E-state index contributed by atoms with van der Waals surface area (Å²) in [4.78, 5) is 15.9. The number of amides is 1. The first kappa shape index (κ1) is 13.3. The van der Waals surface area contributed by atoms with Crippen LogP contribution < -0.4 is 5.32 Å². The van der Waals surface area contributed by atoms with Crippen molar-refractivity contribution in [3.63, 3.8) is 0 Å². The second-order valence-electron chi connectivity index (χ2n) is 5.01. The number of nitrogens with one attached hydrogen (secondary N) is 1. The van der Waals surface area contributed by atoms with Crippen LogP contribution in [-0.2, 0) is 11.3 Å². The first-order chi connectivity index (χ1) is 9.70. The van der Waals surface area contributed by atoms with Crippen LogP contribution in [0.1, 0.15) is 24.8 Å². The number of anilines is 1. The molecule has 1 aliphatic rings. The van der Waals surface area contributed by atoms with Crippen molar-refractivity contribution in [3.8, 4) is 0 Å². The Balaban J connectivity index is 1.63. The fourth-order valence-electron chi connectivity index (χ4n) is 2.13. The van der Waals surface area contributed by atoms with Gasteiger partial charge in [-0.15, -0.1) is 5.10 Å². The quantitative estimate of drug-likeness (QED) is 0.935. The fraction of sp³-hybridized carbons (Fsp3) is 0.357. The summed E-state index contributed by atoms with van der Waals surface area (Å²) in [7, 11) is 0. The Morgan fingerprint density at radius 2 is 2.30 bits per heavy atom. The van der Waals surface area contributed by atoms with E-state index in [1.165, 1.54) is 0 Å². The van der Waals surface area contributed by atoms with Crippen LogP contribution in [-0.4, -0.2) is 20.7 Å². The van der Waals surface area contributed by atoms with Crippen molar-refractivity contribution >= 4 is 27.8 Å². The average Bonchev–Trinajstić information content (AvgIpc) is 2.74. The van der Waals surface area contributed by atoms with Crippen molar-refractivity contribution in [2.45, 2.75) is 25.8 Å². The minimum atomic E-state index is 0.0384. The van der Waals surface area contributed by atoms with E-state index in [1.54, 1.807) is 11.0 Å². The standard InChI is InChI=1S/C14H15BrN4O/c15-12-6-1-3-10(7-12)8-19-9-16-14(18-19)17-13(20)11-4-2-5-11/h1,3,6-7,9,11H,2,4-5,8H2,(H,17,18,20). The van der Waals surface area contributed by atoms with Gasteiger partial charge in [0.2, 0.25) is 11.9 Å². The number of carbonyl (C=O) groups is 1. The van der Waals surface area contributed by atoms with E-state index in [0.717, 1.165) is 29.3 Å². The Kier molecular flexibility index (Phi) is 3.82. The van der Waals surface area contributed by atoms with Crippen LogP contribution in [0.2, 0.25) is 0 Å². The van der Waals surface area contributed by atoms with Crippen LogP contribution in [0.15, 0.2) is 35.1 Å². The van der Waals surface area contributed by atoms with Gasteiger partial charge >= 0.3 is 0 Å². The van der Waals surface area contributed by atoms with Crippen LogP contribution in [0.5, 0.6) is 0 Å². The van der Waals surface area contributed by atoms with Gasteiger partial charge in [0.25, 0.3) is 0 Å². The van der Waals surface area contributed by atoms with Crippen molar-refractivity contribution in [2.24, 2.45) is 5.92 Å². The van der Waals surface area contributed by atoms with E-state index >= 15 is 0 Å². The minimum absolute atomic E-state index is 0.0384. The summed E-state index contributed by atoms with van der Waals surface area (Å²) in [6, 6.07) is 8.03. The highest BCUT2D eigenvalue weighted by Crippen LogP contribution is 2.27. The van der Waals surface area contributed by atoms with Gasteiger partial charge in [-0.25, -0.2) is 9.67 Å². The Bertz CT molecular complexity index is 621. The lowest BCUT2D eigenvalue weighted by atomic mass is 9.85. The molecule has 1 N–H and O–H groups in total. The van der Waals surface area contributed by atoms with Gasteiger partial charge in [-0.05, 0) is 30.5 Å². The monoisotopic (exact) mass is 334 g/mol. The lowest BCUT2D eigenvalue weighted by Crippen LogP contribution is -2.28. The molecule has 0 radical (unpaired) electrons. The molecule has 0 unspecified atom stereocenters. The topological polar surface area (TPSA) is 59.8 Å². The Morgan fingerprint density at radius 1 is 1.45 bits per heavy atom. The number of halogens is 1. The van der Waals surface area contributed by atoms with Crippen molar-refractivity contribution in [1.82, 2.24) is 14.8 Å². The molecule has 0 saturated heterocycles. The SMILES string of the molecule is O=C(Nc1ncn(Cc2cccc(Br)c2)n1)C1CCC1. The number of benzene rings is 1. The number of hydrogen-bond donors (Lipinski definition) is 1. The summed E-state index contributed by atoms with van der Waals surface area (Å²) in [5.74, 6) is 0.570. The molecule has 0 bridgehead atoms. The first-order valence-electron chi connectivity index (χ1n) is 6.65. The molecule has 5 nitrogen and oxygen atoms in total. The Hall–Kier alpha value is -1.69. The van der Waals surface area contributed by atoms with Gasteiger partial charge in [-0.3, -0.25) is 10.1 Å². The molecule has 6 heteroatoms. The van der Waals surface area contributed by atoms with Crippen LogP contribution in [0.3, 0.4) is 0 Å². The molecular weight excluding hydrogens is 320 g/mol. The highest BCUT2D eigenvalue weighted by atomic mass is 79.9. The normalized spacial score (nSPS) is 14.8. The van der Waals surface area contributed by atoms with E-state index in [-0.39, 0.29) is 11.8 Å². The maximum Gasteiger partial charge on any atom is 0.248 e. The van der Waals surface area contributed by atoms with E-state index in [9.17, 15) is 4.79 Å². The van der Waals surface area contributed by atoms with Gasteiger partial charge in [-0.2, -0.15) is 0 Å². The largest absolute Gasteiger partial charge is 0.293 e. The maximum atomic E-state index is 11.8. The van der Waals surface area contributed by atoms with Crippen LogP contribution in [0.4, 0.5) is 5.95 Å². The molecule has 1 fully saturated rings. The predicted octanol–water partition coefficient (Wildman–Crippen LogP) is 2.83. The summed E-state index contributed by atoms with van der Waals surface area (Å²) in [6.45, 7) is 0.631. The molecule has 1 aromatic heterocycles. The summed E-state index contributed by atoms with van der Waals surface area (Å²) in [6.07, 6.45) is 4.73. The van der Waals surface area contributed by atoms with E-state index in [4.69, 9.17) is 0 Å². The van der Waals surface area contributed by atoms with Crippen LogP contribution in [0.25, 0.3) is 0 Å². The summed E-state index contributed by atoms with van der Waals surface area (Å²) in [5, 5.41) is 7.04. The highest BCUT2D eigenvalue weighted by molar-refractivity contribution is 9.10. The zero-order chi connectivity index (χ0) is 13.9. The average molecular weight is 335 g/mol. The molecule has 1 saturated carbocycles. The smallest absolute Gasteiger partial charge is 0.248 e. The summed E-state index contributed by atoms with van der Waals surface area (Å²) >= 11 is 3.44. The Morgan fingerprint density at radius 3 is 3.00 bits per heavy atom. The van der Waals surface area contributed by atoms with Crippen molar-refractivity contribution in [2.75, 3.05) is 5.32 Å². The second kappa shape index (κ2) is 5.75. The van der Waals surface area contributed by atoms with Gasteiger partial charge in [-0.1, -0.05) is 34.5 Å². The third kappa shape index (κ3) is 3.07. The molecule has 0 atom stereocenters. The third-order valence-corrected chi connectivity index (χ3v) is 3.97. The molecule has 1 amide bonds. The Labute approximate surface area is 125 Å². The van der Waals surface area contributed by atoms with E-state index < -0.39 is 0 Å². The lowest BCUT2D eigenvalue weighted by Gasteiger charge is -2.23. The molecule has 2 aromatic rings. The van der Waals surface area contributed by atoms with Gasteiger partial charge < -0.3 is 0 Å². The van der Waals surface area contributed by atoms with Crippen molar-refractivity contribution in [3.05, 3.63) is 40.6 Å². The van der Waals surface area contributed by atoms with Crippen LogP contribution in [0, 0.1) is 5.92 Å². The fourth-order valence-corrected chi connectivity index (χ4v) is 2.58. The van der Waals surface area contributed by atoms with Gasteiger partial charge in [0.05, 0.1) is 6.54 Å². The van der Waals surface area contributed by atoms with E-state index in [1.807, 2.05) is 24.3 Å². The molecule has 20 heavy (non-hydrogen) atoms. The minimum Gasteiger partial charge on any atom is -0.293 e. The molecule has 1 aromatic carbocycles. The van der Waals surface area contributed by atoms with Gasteiger partial charge in [0.1, 0.15) is 6.33 Å². The van der Waals surface area contributed by atoms with Crippen molar-refractivity contribution in [1.29, 1.82) is 0 Å². The number of rotatable bonds is 4. The molecule has 3 rings (SSSR count). The highest BCUT2D eigenvalue weighted by Gasteiger charge is 2.25. The van der Waals surface area contributed by atoms with E-state index in [0.29, 0.717) is 12.5 Å². The van der Waals surface area contributed by atoms with Gasteiger partial charge in [0.15, 0.2) is 0 Å². The van der Waals surface area contributed by atoms with Gasteiger partial charge in [0, 0.05) is 10.4 Å². The maximum absolute atomic E-state index is 11.8. The molecule has 1 aliphatic carbocycles. The molecule has 0 spiro atoms. The zero-order valence-corrected chi connectivity index (χ0v) is 12.5. The summed E-state index contributed by atoms with van der Waals surface area (Å²) < 4.78 is 2.76. The third-order valence-electron chi connectivity index (χ3n) is 3.48. The van der Waals surface area contributed by atoms with Crippen molar-refractivity contribution < 1.29 is 4.79 Å². The molecule has 104 valence electrons. The number of aromatic nitrogens is 3. The second-order valence-corrected chi connectivity index (χ2v) is 5.93. The number of carbonyl (C=O) groups excluding carboxylic acids is 1. The number of nitrogens with zero attached hydrogens (tertiary/aromatic N) is 3. The number of hydrogen-bond acceptors (Lipinski definition) is 3.